The summed E-state index contributed by atoms with van der Waals surface area (Å²) in [6.45, 7) is 0.730. The summed E-state index contributed by atoms with van der Waals surface area (Å²) in [5, 5.41) is 9.29. The van der Waals surface area contributed by atoms with Crippen LogP contribution in [-0.4, -0.2) is 58.7 Å². The minimum absolute atomic E-state index is 0.0101. The minimum Gasteiger partial charge on any atom is -0.497 e. The van der Waals surface area contributed by atoms with Crippen LogP contribution in [0, 0.1) is 11.7 Å². The molecule has 0 radical (unpaired) electrons. The Balaban J connectivity index is 1.51. The van der Waals surface area contributed by atoms with Crippen LogP contribution in [-0.2, 0) is 9.59 Å². The number of rotatable bonds is 10. The molecule has 1 saturated heterocycles. The highest BCUT2D eigenvalue weighted by molar-refractivity contribution is 8.00. The quantitative estimate of drug-likeness (QED) is 0.376. The Hall–Kier alpha value is -2.97. The van der Waals surface area contributed by atoms with Crippen molar-refractivity contribution in [1.82, 2.24) is 4.90 Å². The van der Waals surface area contributed by atoms with Gasteiger partial charge < -0.3 is 9.84 Å². The summed E-state index contributed by atoms with van der Waals surface area (Å²) in [6.07, 6.45) is 3.33. The topological polar surface area (TPSA) is 83.9 Å². The van der Waals surface area contributed by atoms with Crippen molar-refractivity contribution in [2.75, 3.05) is 26.0 Å². The second kappa shape index (κ2) is 11.2. The van der Waals surface area contributed by atoms with Gasteiger partial charge in [-0.15, -0.1) is 11.8 Å². The van der Waals surface area contributed by atoms with Gasteiger partial charge >= 0.3 is 5.97 Å². The fourth-order valence-electron chi connectivity index (χ4n) is 4.47. The van der Waals surface area contributed by atoms with E-state index in [2.05, 4.69) is 0 Å². The van der Waals surface area contributed by atoms with Gasteiger partial charge in [-0.1, -0.05) is 30.3 Å². The van der Waals surface area contributed by atoms with Crippen LogP contribution in [0.15, 0.2) is 60.2 Å². The molecule has 1 aliphatic heterocycles. The molecule has 1 saturated carbocycles. The lowest BCUT2D eigenvalue weighted by molar-refractivity contribution is -0.131. The van der Waals surface area contributed by atoms with Crippen LogP contribution in [0.1, 0.15) is 41.2 Å². The third-order valence-electron chi connectivity index (χ3n) is 6.41. The molecule has 2 aromatic carbocycles. The largest absolute Gasteiger partial charge is 0.497 e. The Kier molecular flexibility index (Phi) is 8.03. The second-order valence-electron chi connectivity index (χ2n) is 8.87. The van der Waals surface area contributed by atoms with Gasteiger partial charge in [0.05, 0.1) is 18.9 Å². The van der Waals surface area contributed by atoms with E-state index in [-0.39, 0.29) is 35.0 Å². The van der Waals surface area contributed by atoms with E-state index in [9.17, 15) is 23.9 Å². The summed E-state index contributed by atoms with van der Waals surface area (Å²) in [5.41, 5.74) is 1.49. The maximum Gasteiger partial charge on any atom is 0.328 e. The lowest BCUT2D eigenvalue weighted by Gasteiger charge is -2.38. The predicted octanol–water partition coefficient (Wildman–Crippen LogP) is 4.56. The summed E-state index contributed by atoms with van der Waals surface area (Å²) in [7, 11) is 1.54. The molecule has 1 aliphatic carbocycles. The molecule has 0 spiro atoms. The Morgan fingerprint density at radius 2 is 1.94 bits per heavy atom. The molecule has 4 rings (SSSR count). The van der Waals surface area contributed by atoms with Crippen LogP contribution in [0.4, 0.5) is 4.39 Å². The summed E-state index contributed by atoms with van der Waals surface area (Å²) in [6, 6.07) is 12.5. The van der Waals surface area contributed by atoms with Crippen LogP contribution in [0.3, 0.4) is 0 Å². The molecule has 1 N–H and O–H groups in total. The van der Waals surface area contributed by atoms with Gasteiger partial charge in [0.25, 0.3) is 0 Å². The fourth-order valence-corrected chi connectivity index (χ4v) is 5.61. The molecule has 2 aliphatic rings. The highest BCUT2D eigenvalue weighted by atomic mass is 32.2. The van der Waals surface area contributed by atoms with Crippen molar-refractivity contribution in [3.8, 4) is 5.75 Å². The third-order valence-corrected chi connectivity index (χ3v) is 7.78. The molecule has 0 amide bonds. The Labute approximate surface area is 208 Å². The number of ether oxygens (including phenoxy) is 1. The number of carbonyl (C=O) groups excluding carboxylic acids is 2. The van der Waals surface area contributed by atoms with Gasteiger partial charge in [-0.25, -0.2) is 9.18 Å². The van der Waals surface area contributed by atoms with Crippen molar-refractivity contribution in [2.24, 2.45) is 5.92 Å². The van der Waals surface area contributed by atoms with Crippen molar-refractivity contribution in [3.05, 3.63) is 77.1 Å². The van der Waals surface area contributed by atoms with E-state index < -0.39 is 17.8 Å². The monoisotopic (exact) mass is 503 g/mol. The number of hydrogen-bond acceptors (Lipinski definition) is 6. The Morgan fingerprint density at radius 1 is 1.17 bits per heavy atom. The van der Waals surface area contributed by atoms with Crippen molar-refractivity contribution < 1.29 is 28.6 Å². The number of benzene rings is 2. The van der Waals surface area contributed by atoms with Crippen molar-refractivity contribution in [1.29, 1.82) is 0 Å². The van der Waals surface area contributed by atoms with E-state index in [0.717, 1.165) is 12.8 Å². The predicted molar refractivity (Wildman–Crippen MR) is 132 cm³/mol. The lowest BCUT2D eigenvalue weighted by atomic mass is 9.93. The highest BCUT2D eigenvalue weighted by Crippen LogP contribution is 2.40. The number of likely N-dealkylation sites (tertiary alicyclic amines) is 1. The molecule has 0 bridgehead atoms. The number of carbonyl (C=O) groups is 3. The van der Waals surface area contributed by atoms with Crippen molar-refractivity contribution in [3.63, 3.8) is 0 Å². The van der Waals surface area contributed by atoms with E-state index in [4.69, 9.17) is 4.74 Å². The number of Topliss-reactive ketones (excluding diaryl/α,β-unsaturated/α-hetero) is 2. The van der Waals surface area contributed by atoms with Crippen molar-refractivity contribution >= 4 is 29.3 Å². The van der Waals surface area contributed by atoms with Gasteiger partial charge in [-0.2, -0.15) is 0 Å². The SMILES string of the molecule is CO[13c]1[13cH][13cH][13cH][13c](C(=O)CSC2CCN(C(C(=O)C3CC3)c3ccccc3F)C/C2=C/C(=O)O)[13cH]1. The van der Waals surface area contributed by atoms with Crippen LogP contribution in [0.25, 0.3) is 0 Å². The first kappa shape index (κ1) is 25.1. The first-order chi connectivity index (χ1) is 16.9. The number of carboxylic acids is 1. The number of halogens is 1. The molecular formula is C27H28FNO5S. The fraction of sp³-hybridized carbons (Fsp3) is 0.370. The Morgan fingerprint density at radius 3 is 2.63 bits per heavy atom. The number of thioether (sulfide) groups is 1. The van der Waals surface area contributed by atoms with Crippen LogP contribution >= 0.6 is 11.8 Å². The molecule has 2 unspecified atom stereocenters. The Bertz CT molecular complexity index is 1150. The average Bonchev–Trinajstić information content (AvgIpc) is 3.70. The van der Waals surface area contributed by atoms with Gasteiger partial charge in [0.15, 0.2) is 11.6 Å². The first-order valence-corrected chi connectivity index (χ1v) is 12.7. The smallest absolute Gasteiger partial charge is 0.328 e. The molecule has 8 heteroatoms. The number of carboxylic acid groups (broad SMARTS) is 1. The van der Waals surface area contributed by atoms with E-state index in [1.54, 1.807) is 42.5 Å². The number of hydrogen-bond donors (Lipinski definition) is 1. The van der Waals surface area contributed by atoms with Crippen LogP contribution in [0.5, 0.6) is 5.75 Å². The second-order valence-corrected chi connectivity index (χ2v) is 10.1. The number of ketones is 2. The number of methoxy groups -OCH3 is 1. The summed E-state index contributed by atoms with van der Waals surface area (Å²) in [5.74, 6) is -0.882. The first-order valence-electron chi connectivity index (χ1n) is 11.6. The van der Waals surface area contributed by atoms with E-state index in [1.807, 2.05) is 4.90 Å². The molecule has 6 nitrogen and oxygen atoms in total. The van der Waals surface area contributed by atoms with Gasteiger partial charge in [0, 0.05) is 41.5 Å². The molecule has 35 heavy (non-hydrogen) atoms. The average molecular weight is 504 g/mol. The lowest BCUT2D eigenvalue weighted by Crippen LogP contribution is -2.43. The summed E-state index contributed by atoms with van der Waals surface area (Å²) >= 11 is 1.40. The number of nitrogens with zero attached hydrogens (tertiary/aromatic N) is 1. The highest BCUT2D eigenvalue weighted by Gasteiger charge is 2.41. The zero-order valence-corrected chi connectivity index (χ0v) is 20.3. The standard InChI is InChI=1S/C27H28FNO5S/c1-34-20-6-4-5-18(13-20)23(30)16-35-24-11-12-29(15-19(24)14-25(31)32)26(27(33)17-9-10-17)21-7-2-3-8-22(21)28/h2-8,13-14,17,24,26H,9-12,15-16H2,1H3,(H,31,32)/b19-14-/i4+1,5+1,6+1,13+1,18+1,20+1. The molecule has 2 fully saturated rings. The van der Waals surface area contributed by atoms with E-state index in [0.29, 0.717) is 35.4 Å². The molecule has 184 valence electrons. The molecule has 0 aromatic heterocycles. The molecule has 2 aromatic rings. The summed E-state index contributed by atoms with van der Waals surface area (Å²) in [4.78, 5) is 39.4. The normalized spacial score (nSPS) is 20.4. The van der Waals surface area contributed by atoms with Gasteiger partial charge in [-0.05, 0) is 43.0 Å². The van der Waals surface area contributed by atoms with Gasteiger partial charge in [0.2, 0.25) is 0 Å². The zero-order valence-electron chi connectivity index (χ0n) is 19.5. The van der Waals surface area contributed by atoms with E-state index in [1.165, 1.54) is 31.0 Å². The van der Waals surface area contributed by atoms with Gasteiger partial charge in [-0.3, -0.25) is 14.5 Å². The van der Waals surface area contributed by atoms with Crippen LogP contribution in [0.2, 0.25) is 0 Å². The zero-order chi connectivity index (χ0) is 24.9. The van der Waals surface area contributed by atoms with Crippen molar-refractivity contribution in [2.45, 2.75) is 30.6 Å². The molecule has 2 atom stereocenters. The summed E-state index contributed by atoms with van der Waals surface area (Å²) < 4.78 is 19.9. The van der Waals surface area contributed by atoms with E-state index >= 15 is 0 Å². The minimum atomic E-state index is -1.08. The molecule has 1 heterocycles. The number of aliphatic carboxylic acids is 1. The maximum absolute atomic E-state index is 14.7. The number of piperidine rings is 1. The molecular weight excluding hydrogens is 475 g/mol. The third kappa shape index (κ3) is 6.18. The maximum atomic E-state index is 14.7. The van der Waals surface area contributed by atoms with Crippen LogP contribution < -0.4 is 4.74 Å². The van der Waals surface area contributed by atoms with Gasteiger partial charge in [0.1, 0.15) is 11.6 Å².